The molecule has 0 saturated heterocycles. The number of hydrogen-bond acceptors (Lipinski definition) is 4. The quantitative estimate of drug-likeness (QED) is 0.168. The predicted octanol–water partition coefficient (Wildman–Crippen LogP) is 16.5. The molecule has 2 heterocycles. The van der Waals surface area contributed by atoms with Gasteiger partial charge in [-0.3, -0.25) is 0 Å². The molecule has 0 spiro atoms. The third-order valence-corrected chi connectivity index (χ3v) is 13.1. The van der Waals surface area contributed by atoms with Crippen molar-refractivity contribution in [1.29, 1.82) is 0 Å². The summed E-state index contributed by atoms with van der Waals surface area (Å²) >= 11 is 0. The molecule has 0 amide bonds. The highest BCUT2D eigenvalue weighted by Crippen LogP contribution is 2.54. The normalized spacial score (nSPS) is 13.0. The van der Waals surface area contributed by atoms with Gasteiger partial charge in [0, 0.05) is 49.7 Å². The second-order valence-electron chi connectivity index (χ2n) is 17.0. The van der Waals surface area contributed by atoms with Crippen LogP contribution in [-0.4, -0.2) is 0 Å². The monoisotopic (exact) mass is 786 g/mol. The van der Waals surface area contributed by atoms with Gasteiger partial charge in [0.25, 0.3) is 0 Å². The third-order valence-electron chi connectivity index (χ3n) is 13.1. The molecular weight excluding hydrogens is 745 g/mol. The van der Waals surface area contributed by atoms with E-state index in [9.17, 15) is 0 Å². The van der Waals surface area contributed by atoms with Gasteiger partial charge in [0.05, 0.1) is 11.4 Å². The molecule has 0 aliphatic heterocycles. The molecule has 0 unspecified atom stereocenters. The molecule has 2 aromatic heterocycles. The van der Waals surface area contributed by atoms with Crippen molar-refractivity contribution in [2.45, 2.75) is 33.1 Å². The number of nitrogens with zero attached hydrogens (tertiary/aromatic N) is 2. The Morgan fingerprint density at radius 3 is 1.46 bits per heavy atom. The van der Waals surface area contributed by atoms with E-state index in [4.69, 9.17) is 8.83 Å². The van der Waals surface area contributed by atoms with E-state index in [0.29, 0.717) is 0 Å². The van der Waals surface area contributed by atoms with Crippen LogP contribution in [0.15, 0.2) is 191 Å². The van der Waals surface area contributed by atoms with E-state index in [0.717, 1.165) is 78.0 Å². The zero-order chi connectivity index (χ0) is 41.0. The van der Waals surface area contributed by atoms with Gasteiger partial charge in [-0.15, -0.1) is 0 Å². The van der Waals surface area contributed by atoms with Crippen molar-refractivity contribution < 1.29 is 8.83 Å². The summed E-state index contributed by atoms with van der Waals surface area (Å²) in [5, 5.41) is 6.93. The number of anilines is 6. The van der Waals surface area contributed by atoms with Crippen LogP contribution < -0.4 is 9.80 Å². The predicted molar refractivity (Wildman–Crippen MR) is 255 cm³/mol. The van der Waals surface area contributed by atoms with E-state index < -0.39 is 0 Å². The van der Waals surface area contributed by atoms with Crippen LogP contribution >= 0.6 is 0 Å². The summed E-state index contributed by atoms with van der Waals surface area (Å²) in [5.41, 5.74) is 17.3. The molecule has 0 saturated carbocycles. The van der Waals surface area contributed by atoms with Crippen molar-refractivity contribution in [2.24, 2.45) is 0 Å². The number of aryl methyl sites for hydroxylation is 2. The number of rotatable bonds is 6. The summed E-state index contributed by atoms with van der Waals surface area (Å²) in [6.45, 7) is 9.13. The van der Waals surface area contributed by atoms with Crippen LogP contribution in [-0.2, 0) is 5.41 Å². The zero-order valence-corrected chi connectivity index (χ0v) is 34.5. The Kier molecular flexibility index (Phi) is 7.67. The summed E-state index contributed by atoms with van der Waals surface area (Å²) in [4.78, 5) is 4.74. The third kappa shape index (κ3) is 5.25. The molecular formula is C57H42N2O2. The highest BCUT2D eigenvalue weighted by atomic mass is 16.3. The fraction of sp³-hybridized carbons (Fsp3) is 0.0877. The second-order valence-corrected chi connectivity index (χ2v) is 17.0. The van der Waals surface area contributed by atoms with Gasteiger partial charge < -0.3 is 18.6 Å². The standard InChI is InChI=1S/C57H42N2O2/c1-35-15-5-9-21-48(35)58(50-23-13-19-45-42-17-7-11-25-52(42)60-55(45)50)38-28-31-40-37(33-38)27-30-44-41-32-29-39(34-47(41)57(3,4)54(40)44)59(49-22-10-6-16-36(49)2)51-24-14-20-46-43-18-8-12-26-53(43)61-56(46)51/h5-34H,1-4H3. The lowest BCUT2D eigenvalue weighted by Crippen LogP contribution is -2.17. The average molecular weight is 787 g/mol. The van der Waals surface area contributed by atoms with E-state index in [1.54, 1.807) is 0 Å². The van der Waals surface area contributed by atoms with Crippen molar-refractivity contribution in [3.8, 4) is 11.1 Å². The van der Waals surface area contributed by atoms with Gasteiger partial charge in [0.2, 0.25) is 0 Å². The van der Waals surface area contributed by atoms with Gasteiger partial charge in [0.15, 0.2) is 11.2 Å². The Morgan fingerprint density at radius 2 is 0.869 bits per heavy atom. The summed E-state index contributed by atoms with van der Waals surface area (Å²) in [7, 11) is 0. The minimum atomic E-state index is -0.278. The Morgan fingerprint density at radius 1 is 0.393 bits per heavy atom. The number of benzene rings is 9. The lowest BCUT2D eigenvalue weighted by atomic mass is 9.80. The van der Waals surface area contributed by atoms with Gasteiger partial charge in [0.1, 0.15) is 11.2 Å². The van der Waals surface area contributed by atoms with Crippen LogP contribution in [0.1, 0.15) is 36.1 Å². The van der Waals surface area contributed by atoms with Gasteiger partial charge >= 0.3 is 0 Å². The molecule has 1 aliphatic rings. The largest absolute Gasteiger partial charge is 0.454 e. The van der Waals surface area contributed by atoms with E-state index in [2.05, 4.69) is 207 Å². The molecule has 0 fully saturated rings. The number of hydrogen-bond donors (Lipinski definition) is 0. The van der Waals surface area contributed by atoms with Crippen LogP contribution in [0.2, 0.25) is 0 Å². The van der Waals surface area contributed by atoms with Crippen molar-refractivity contribution >= 4 is 88.8 Å². The van der Waals surface area contributed by atoms with Gasteiger partial charge in [-0.25, -0.2) is 0 Å². The molecule has 0 bridgehead atoms. The van der Waals surface area contributed by atoms with Crippen molar-refractivity contribution in [3.05, 3.63) is 204 Å². The first kappa shape index (κ1) is 35.4. The maximum Gasteiger partial charge on any atom is 0.159 e. The topological polar surface area (TPSA) is 32.8 Å². The lowest BCUT2D eigenvalue weighted by Gasteiger charge is -2.29. The molecule has 292 valence electrons. The van der Waals surface area contributed by atoms with Crippen molar-refractivity contribution in [2.75, 3.05) is 9.80 Å². The maximum absolute atomic E-state index is 6.65. The summed E-state index contributed by atoms with van der Waals surface area (Å²) in [5.74, 6) is 0. The van der Waals surface area contributed by atoms with E-state index in [-0.39, 0.29) is 5.41 Å². The molecule has 0 radical (unpaired) electrons. The van der Waals surface area contributed by atoms with Crippen LogP contribution in [0.25, 0.3) is 65.8 Å². The van der Waals surface area contributed by atoms with E-state index in [1.165, 1.54) is 44.2 Å². The molecule has 9 aromatic carbocycles. The van der Waals surface area contributed by atoms with Crippen LogP contribution in [0.4, 0.5) is 34.1 Å². The molecule has 61 heavy (non-hydrogen) atoms. The smallest absolute Gasteiger partial charge is 0.159 e. The molecule has 1 aliphatic carbocycles. The van der Waals surface area contributed by atoms with Crippen molar-refractivity contribution in [1.82, 2.24) is 0 Å². The van der Waals surface area contributed by atoms with Gasteiger partial charge in [-0.05, 0) is 119 Å². The summed E-state index contributed by atoms with van der Waals surface area (Å²) in [6, 6.07) is 65.5. The Bertz CT molecular complexity index is 3570. The molecule has 0 N–H and O–H groups in total. The van der Waals surface area contributed by atoms with Gasteiger partial charge in [-0.2, -0.15) is 0 Å². The van der Waals surface area contributed by atoms with Crippen LogP contribution in [0.3, 0.4) is 0 Å². The van der Waals surface area contributed by atoms with Crippen LogP contribution in [0, 0.1) is 13.8 Å². The SMILES string of the molecule is Cc1ccccc1N(c1ccc2c(c1)C(C)(C)c1c-2ccc2cc(N(c3ccccc3C)c3cccc4c3oc3ccccc34)ccc12)c1cccc2c1oc1ccccc12. The second kappa shape index (κ2) is 13.2. The molecule has 11 aromatic rings. The Balaban J connectivity index is 1.01. The number of furan rings is 2. The fourth-order valence-electron chi connectivity index (χ4n) is 10.2. The minimum Gasteiger partial charge on any atom is -0.454 e. The van der Waals surface area contributed by atoms with Gasteiger partial charge in [-0.1, -0.05) is 135 Å². The first-order valence-corrected chi connectivity index (χ1v) is 21.1. The molecule has 4 nitrogen and oxygen atoms in total. The number of fused-ring (bicyclic) bond motifs is 11. The fourth-order valence-corrected chi connectivity index (χ4v) is 10.2. The summed E-state index contributed by atoms with van der Waals surface area (Å²) < 4.78 is 13.3. The highest BCUT2D eigenvalue weighted by molar-refractivity contribution is 6.12. The molecule has 4 heteroatoms. The highest BCUT2D eigenvalue weighted by Gasteiger charge is 2.38. The van der Waals surface area contributed by atoms with Crippen LogP contribution in [0.5, 0.6) is 0 Å². The molecule has 12 rings (SSSR count). The maximum atomic E-state index is 6.65. The first-order chi connectivity index (χ1) is 29.8. The van der Waals surface area contributed by atoms with E-state index in [1.807, 2.05) is 12.1 Å². The Labute approximate surface area is 354 Å². The van der Waals surface area contributed by atoms with Crippen molar-refractivity contribution in [3.63, 3.8) is 0 Å². The average Bonchev–Trinajstić information content (AvgIpc) is 3.93. The zero-order valence-electron chi connectivity index (χ0n) is 34.5. The number of para-hydroxylation sites is 6. The Hall–Kier alpha value is -7.56. The molecule has 0 atom stereocenters. The minimum absolute atomic E-state index is 0.278. The van der Waals surface area contributed by atoms with E-state index >= 15 is 0 Å². The lowest BCUT2D eigenvalue weighted by molar-refractivity contribution is 0.666. The first-order valence-electron chi connectivity index (χ1n) is 21.1. The summed E-state index contributed by atoms with van der Waals surface area (Å²) in [6.07, 6.45) is 0.